The quantitative estimate of drug-likeness (QED) is 0.610. The van der Waals surface area contributed by atoms with Crippen LogP contribution in [0.5, 0.6) is 5.75 Å². The van der Waals surface area contributed by atoms with Crippen molar-refractivity contribution in [2.75, 3.05) is 27.0 Å². The van der Waals surface area contributed by atoms with Gasteiger partial charge < -0.3 is 15.4 Å². The number of guanidine groups is 1. The molecule has 24 heavy (non-hydrogen) atoms. The number of nitrogens with one attached hydrogen (secondary N) is 2. The van der Waals surface area contributed by atoms with E-state index in [-0.39, 0.29) is 0 Å². The minimum absolute atomic E-state index is 0.543. The predicted octanol–water partition coefficient (Wildman–Crippen LogP) is 3.39. The summed E-state index contributed by atoms with van der Waals surface area (Å²) in [5, 5.41) is 7.82. The fourth-order valence-corrected chi connectivity index (χ4v) is 4.05. The molecule has 0 aromatic heterocycles. The second-order valence-electron chi connectivity index (χ2n) is 6.42. The molecule has 0 saturated heterocycles. The zero-order chi connectivity index (χ0) is 17.4. The molecule has 0 amide bonds. The Bertz CT molecular complexity index is 547. The molecule has 0 radical (unpaired) electrons. The first kappa shape index (κ1) is 19.0. The molecule has 1 aliphatic rings. The lowest BCUT2D eigenvalue weighted by molar-refractivity contribution is 0.411. The summed E-state index contributed by atoms with van der Waals surface area (Å²) in [5.74, 6) is 1.88. The largest absolute Gasteiger partial charge is 0.496 e. The maximum Gasteiger partial charge on any atom is 0.191 e. The number of ether oxygens (including phenoxy) is 1. The van der Waals surface area contributed by atoms with Crippen LogP contribution in [0.4, 0.5) is 0 Å². The number of benzene rings is 1. The van der Waals surface area contributed by atoms with Crippen LogP contribution >= 0.6 is 11.8 Å². The Morgan fingerprint density at radius 3 is 2.92 bits per heavy atom. The Hall–Kier alpha value is -1.36. The first-order valence-electron chi connectivity index (χ1n) is 8.79. The van der Waals surface area contributed by atoms with Crippen molar-refractivity contribution in [3.63, 3.8) is 0 Å². The van der Waals surface area contributed by atoms with Crippen molar-refractivity contribution in [1.82, 2.24) is 10.6 Å². The molecule has 2 atom stereocenters. The van der Waals surface area contributed by atoms with Gasteiger partial charge in [-0.3, -0.25) is 4.99 Å². The van der Waals surface area contributed by atoms with Crippen LogP contribution in [0.25, 0.3) is 0 Å². The third-order valence-corrected chi connectivity index (χ3v) is 5.80. The Labute approximate surface area is 150 Å². The van der Waals surface area contributed by atoms with Crippen molar-refractivity contribution in [3.05, 3.63) is 29.3 Å². The summed E-state index contributed by atoms with van der Waals surface area (Å²) in [6.45, 7) is 2.93. The summed E-state index contributed by atoms with van der Waals surface area (Å²) in [7, 11) is 3.57. The van der Waals surface area contributed by atoms with Crippen molar-refractivity contribution in [2.24, 2.45) is 4.99 Å². The monoisotopic (exact) mass is 349 g/mol. The summed E-state index contributed by atoms with van der Waals surface area (Å²) in [6.07, 6.45) is 8.30. The number of aliphatic imine (C=N–C) groups is 1. The topological polar surface area (TPSA) is 45.7 Å². The number of hydrogen-bond donors (Lipinski definition) is 2. The standard InChI is InChI=1S/C19H31N3OS/c1-14-8-9-15(12-18(14)23-3)10-11-21-19(20-2)22-16-6-5-7-17(13-16)24-4/h8-9,12,16-17H,5-7,10-11,13H2,1-4H3,(H2,20,21,22). The number of hydrogen-bond acceptors (Lipinski definition) is 3. The fourth-order valence-electron chi connectivity index (χ4n) is 3.22. The van der Waals surface area contributed by atoms with Crippen molar-refractivity contribution in [3.8, 4) is 5.75 Å². The number of methoxy groups -OCH3 is 1. The molecule has 1 fully saturated rings. The molecule has 2 rings (SSSR count). The molecule has 1 saturated carbocycles. The molecule has 1 aromatic carbocycles. The molecule has 0 aliphatic heterocycles. The molecular formula is C19H31N3OS. The summed E-state index contributed by atoms with van der Waals surface area (Å²) < 4.78 is 5.40. The van der Waals surface area contributed by atoms with E-state index < -0.39 is 0 Å². The lowest BCUT2D eigenvalue weighted by atomic mass is 9.95. The first-order valence-corrected chi connectivity index (χ1v) is 10.1. The lowest BCUT2D eigenvalue weighted by Gasteiger charge is -2.29. The molecular weight excluding hydrogens is 318 g/mol. The van der Waals surface area contributed by atoms with Crippen molar-refractivity contribution in [2.45, 2.75) is 50.3 Å². The zero-order valence-corrected chi connectivity index (χ0v) is 16.2. The van der Waals surface area contributed by atoms with Gasteiger partial charge in [0.05, 0.1) is 7.11 Å². The van der Waals surface area contributed by atoms with E-state index in [1.807, 2.05) is 18.8 Å². The Balaban J connectivity index is 1.79. The minimum atomic E-state index is 0.543. The van der Waals surface area contributed by atoms with Crippen LogP contribution in [0.3, 0.4) is 0 Å². The van der Waals surface area contributed by atoms with E-state index in [2.05, 4.69) is 47.0 Å². The van der Waals surface area contributed by atoms with Gasteiger partial charge in [-0.05, 0) is 56.1 Å². The average Bonchev–Trinajstić information content (AvgIpc) is 2.62. The lowest BCUT2D eigenvalue weighted by Crippen LogP contribution is -2.46. The minimum Gasteiger partial charge on any atom is -0.496 e. The van der Waals surface area contributed by atoms with E-state index in [0.29, 0.717) is 6.04 Å². The second kappa shape index (κ2) is 9.82. The van der Waals surface area contributed by atoms with Gasteiger partial charge in [-0.25, -0.2) is 0 Å². The van der Waals surface area contributed by atoms with Crippen LogP contribution in [0.2, 0.25) is 0 Å². The predicted molar refractivity (Wildman–Crippen MR) is 105 cm³/mol. The highest BCUT2D eigenvalue weighted by Crippen LogP contribution is 2.26. The van der Waals surface area contributed by atoms with Gasteiger partial charge >= 0.3 is 0 Å². The van der Waals surface area contributed by atoms with Crippen LogP contribution in [0.1, 0.15) is 36.8 Å². The maximum atomic E-state index is 5.40. The number of rotatable bonds is 6. The normalized spacial score (nSPS) is 21.4. The smallest absolute Gasteiger partial charge is 0.191 e. The summed E-state index contributed by atoms with van der Waals surface area (Å²) >= 11 is 1.99. The highest BCUT2D eigenvalue weighted by Gasteiger charge is 2.21. The maximum absolute atomic E-state index is 5.40. The van der Waals surface area contributed by atoms with Gasteiger partial charge in [0.15, 0.2) is 5.96 Å². The molecule has 2 N–H and O–H groups in total. The van der Waals surface area contributed by atoms with E-state index in [0.717, 1.165) is 29.9 Å². The average molecular weight is 350 g/mol. The first-order chi connectivity index (χ1) is 11.7. The van der Waals surface area contributed by atoms with Gasteiger partial charge in [-0.15, -0.1) is 0 Å². The Kier molecular flexibility index (Phi) is 7.76. The van der Waals surface area contributed by atoms with E-state index >= 15 is 0 Å². The highest BCUT2D eigenvalue weighted by atomic mass is 32.2. The summed E-state index contributed by atoms with van der Waals surface area (Å²) in [4.78, 5) is 4.37. The van der Waals surface area contributed by atoms with Crippen LogP contribution in [-0.4, -0.2) is 44.2 Å². The SMILES string of the molecule is CN=C(NCCc1ccc(C)c(OC)c1)NC1CCCC(SC)C1. The van der Waals surface area contributed by atoms with Crippen LogP contribution < -0.4 is 15.4 Å². The molecule has 0 spiro atoms. The third-order valence-electron chi connectivity index (χ3n) is 4.70. The van der Waals surface area contributed by atoms with E-state index in [4.69, 9.17) is 4.74 Å². The Morgan fingerprint density at radius 2 is 2.21 bits per heavy atom. The summed E-state index contributed by atoms with van der Waals surface area (Å²) in [6, 6.07) is 6.95. The third kappa shape index (κ3) is 5.62. The molecule has 1 aliphatic carbocycles. The van der Waals surface area contributed by atoms with E-state index in [9.17, 15) is 0 Å². The molecule has 2 unspecified atom stereocenters. The van der Waals surface area contributed by atoms with Crippen molar-refractivity contribution >= 4 is 17.7 Å². The number of thioether (sulfide) groups is 1. The Morgan fingerprint density at radius 1 is 1.38 bits per heavy atom. The molecule has 0 heterocycles. The molecule has 0 bridgehead atoms. The van der Waals surface area contributed by atoms with Crippen molar-refractivity contribution in [1.29, 1.82) is 0 Å². The number of aryl methyl sites for hydroxylation is 1. The van der Waals surface area contributed by atoms with Crippen molar-refractivity contribution < 1.29 is 4.74 Å². The molecule has 1 aromatic rings. The fraction of sp³-hybridized carbons (Fsp3) is 0.632. The van der Waals surface area contributed by atoms with Gasteiger partial charge in [-0.1, -0.05) is 18.6 Å². The van der Waals surface area contributed by atoms with Gasteiger partial charge in [-0.2, -0.15) is 11.8 Å². The molecule has 4 nitrogen and oxygen atoms in total. The zero-order valence-electron chi connectivity index (χ0n) is 15.4. The van der Waals surface area contributed by atoms with Crippen LogP contribution in [0.15, 0.2) is 23.2 Å². The second-order valence-corrected chi connectivity index (χ2v) is 7.56. The van der Waals surface area contributed by atoms with E-state index in [1.54, 1.807) is 7.11 Å². The van der Waals surface area contributed by atoms with E-state index in [1.165, 1.54) is 36.8 Å². The van der Waals surface area contributed by atoms with Gasteiger partial charge in [0, 0.05) is 24.9 Å². The highest BCUT2D eigenvalue weighted by molar-refractivity contribution is 7.99. The van der Waals surface area contributed by atoms with Gasteiger partial charge in [0.2, 0.25) is 0 Å². The van der Waals surface area contributed by atoms with Gasteiger partial charge in [0.1, 0.15) is 5.75 Å². The van der Waals surface area contributed by atoms with Crippen LogP contribution in [0, 0.1) is 6.92 Å². The van der Waals surface area contributed by atoms with Gasteiger partial charge in [0.25, 0.3) is 0 Å². The molecule has 134 valence electrons. The number of nitrogens with zero attached hydrogens (tertiary/aromatic N) is 1. The molecule has 5 heteroatoms. The summed E-state index contributed by atoms with van der Waals surface area (Å²) in [5.41, 5.74) is 2.45. The van der Waals surface area contributed by atoms with Crippen LogP contribution in [-0.2, 0) is 6.42 Å².